The highest BCUT2D eigenvalue weighted by Gasteiger charge is 2.28. The van der Waals surface area contributed by atoms with Crippen LogP contribution in [0.25, 0.3) is 0 Å². The van der Waals surface area contributed by atoms with E-state index in [9.17, 15) is 4.79 Å². The highest BCUT2D eigenvalue weighted by Crippen LogP contribution is 2.32. The van der Waals surface area contributed by atoms with Gasteiger partial charge in [0.2, 0.25) is 0 Å². The number of thioether (sulfide) groups is 1. The van der Waals surface area contributed by atoms with Crippen molar-refractivity contribution in [3.63, 3.8) is 0 Å². The van der Waals surface area contributed by atoms with Gasteiger partial charge in [0.25, 0.3) is 0 Å². The molecule has 2 atom stereocenters. The largest absolute Gasteiger partial charge is 0.305 e. The molecule has 2 aromatic rings. The number of nitrogens with one attached hydrogen (secondary N) is 1. The first-order valence-electron chi connectivity index (χ1n) is 8.42. The van der Waals surface area contributed by atoms with E-state index in [1.807, 2.05) is 43.3 Å². The Kier molecular flexibility index (Phi) is 6.64. The smallest absolute Gasteiger partial charge is 0.194 e. The lowest BCUT2D eigenvalue weighted by Crippen LogP contribution is -2.31. The molecule has 24 heavy (non-hydrogen) atoms. The average molecular weight is 342 g/mol. The first-order chi connectivity index (χ1) is 11.4. The molecule has 0 radical (unpaired) electrons. The van der Waals surface area contributed by atoms with E-state index < -0.39 is 0 Å². The van der Waals surface area contributed by atoms with Crippen LogP contribution >= 0.6 is 11.8 Å². The van der Waals surface area contributed by atoms with Crippen molar-refractivity contribution in [2.75, 3.05) is 0 Å². The van der Waals surface area contributed by atoms with Gasteiger partial charge < -0.3 is 5.32 Å². The molecule has 2 rings (SSSR count). The predicted molar refractivity (Wildman–Crippen MR) is 104 cm³/mol. The zero-order chi connectivity index (χ0) is 17.6. The summed E-state index contributed by atoms with van der Waals surface area (Å²) >= 11 is 1.43. The molecule has 0 fully saturated rings. The van der Waals surface area contributed by atoms with Crippen LogP contribution in [0.3, 0.4) is 0 Å². The molecule has 0 saturated carbocycles. The molecule has 0 aliphatic heterocycles. The molecular formula is C21H27NOS. The van der Waals surface area contributed by atoms with Crippen LogP contribution in [0.2, 0.25) is 0 Å². The minimum Gasteiger partial charge on any atom is -0.305 e. The van der Waals surface area contributed by atoms with Crippen LogP contribution in [-0.4, -0.2) is 9.86 Å². The third kappa shape index (κ3) is 5.81. The van der Waals surface area contributed by atoms with Gasteiger partial charge in [-0.05, 0) is 11.1 Å². The molecule has 3 heteroatoms. The number of hydrogen-bond acceptors (Lipinski definition) is 3. The van der Waals surface area contributed by atoms with Crippen LogP contribution in [-0.2, 0) is 11.3 Å². The Bertz CT molecular complexity index is 634. The van der Waals surface area contributed by atoms with Gasteiger partial charge in [0.15, 0.2) is 5.12 Å². The maximum atomic E-state index is 12.7. The first-order valence-corrected chi connectivity index (χ1v) is 9.23. The van der Waals surface area contributed by atoms with Crippen molar-refractivity contribution in [2.45, 2.75) is 45.0 Å². The monoisotopic (exact) mass is 341 g/mol. The molecular weight excluding hydrogens is 314 g/mol. The molecule has 1 N–H and O–H groups in total. The molecule has 0 amide bonds. The Morgan fingerprint density at radius 2 is 1.54 bits per heavy atom. The van der Waals surface area contributed by atoms with Crippen molar-refractivity contribution < 1.29 is 4.79 Å². The summed E-state index contributed by atoms with van der Waals surface area (Å²) in [6.07, 6.45) is 0. The van der Waals surface area contributed by atoms with Crippen molar-refractivity contribution in [1.82, 2.24) is 5.32 Å². The van der Waals surface area contributed by atoms with Crippen LogP contribution < -0.4 is 5.32 Å². The van der Waals surface area contributed by atoms with Gasteiger partial charge in [-0.2, -0.15) is 0 Å². The van der Waals surface area contributed by atoms with E-state index in [1.54, 1.807) is 0 Å². The number of carbonyl (C=O) groups is 1. The van der Waals surface area contributed by atoms with Crippen molar-refractivity contribution in [1.29, 1.82) is 0 Å². The lowest BCUT2D eigenvalue weighted by molar-refractivity contribution is -0.114. The summed E-state index contributed by atoms with van der Waals surface area (Å²) in [5, 5.41) is 3.82. The van der Waals surface area contributed by atoms with Crippen LogP contribution in [0.15, 0.2) is 60.7 Å². The molecule has 2 aromatic carbocycles. The second-order valence-corrected chi connectivity index (χ2v) is 8.91. The molecule has 0 aliphatic carbocycles. The Hall–Kier alpha value is -1.58. The summed E-state index contributed by atoms with van der Waals surface area (Å²) in [6, 6.07) is 20.6. The van der Waals surface area contributed by atoms with Gasteiger partial charge in [0.1, 0.15) is 0 Å². The third-order valence-corrected chi connectivity index (χ3v) is 4.99. The Labute approximate surface area is 150 Å². The fourth-order valence-corrected chi connectivity index (χ4v) is 3.52. The standard InChI is InChI=1S/C21H27NOS/c1-16(20(23)24-21(2,3)4)19(18-13-9-6-10-14-18)22-15-17-11-7-5-8-12-17/h5-14,16,19,22H,15H2,1-4H3/t16-,19+/m1/s1. The summed E-state index contributed by atoms with van der Waals surface area (Å²) in [4.78, 5) is 12.7. The van der Waals surface area contributed by atoms with Crippen molar-refractivity contribution in [3.05, 3.63) is 71.8 Å². The van der Waals surface area contributed by atoms with Gasteiger partial charge in [0.05, 0.1) is 0 Å². The third-order valence-electron chi connectivity index (χ3n) is 3.81. The summed E-state index contributed by atoms with van der Waals surface area (Å²) in [7, 11) is 0. The highest BCUT2D eigenvalue weighted by molar-refractivity contribution is 8.14. The van der Waals surface area contributed by atoms with Crippen molar-refractivity contribution in [3.8, 4) is 0 Å². The molecule has 128 valence electrons. The van der Waals surface area contributed by atoms with E-state index in [2.05, 4.69) is 50.4 Å². The minimum absolute atomic E-state index is 0.00811. The number of rotatable bonds is 6. The maximum absolute atomic E-state index is 12.7. The molecule has 0 heterocycles. The molecule has 2 nitrogen and oxygen atoms in total. The SMILES string of the molecule is C[C@@H](C(=O)SC(C)(C)C)[C@H](NCc1ccccc1)c1ccccc1. The highest BCUT2D eigenvalue weighted by atomic mass is 32.2. The first kappa shape index (κ1) is 18.8. The molecule has 0 unspecified atom stereocenters. The molecule has 0 aromatic heterocycles. The van der Waals surface area contributed by atoms with E-state index in [0.717, 1.165) is 12.1 Å². The molecule has 0 aliphatic rings. The maximum Gasteiger partial charge on any atom is 0.194 e. The van der Waals surface area contributed by atoms with E-state index in [1.165, 1.54) is 17.3 Å². The summed E-state index contributed by atoms with van der Waals surface area (Å²) in [5.74, 6) is -0.0969. The normalized spacial score (nSPS) is 14.2. The van der Waals surface area contributed by atoms with E-state index >= 15 is 0 Å². The molecule has 0 spiro atoms. The van der Waals surface area contributed by atoms with Gasteiger partial charge in [0, 0.05) is 23.3 Å². The quantitative estimate of drug-likeness (QED) is 0.782. The summed E-state index contributed by atoms with van der Waals surface area (Å²) < 4.78 is -0.0635. The zero-order valence-electron chi connectivity index (χ0n) is 15.0. The fourth-order valence-electron chi connectivity index (χ4n) is 2.60. The molecule has 0 saturated heterocycles. The van der Waals surface area contributed by atoms with Crippen LogP contribution in [0.5, 0.6) is 0 Å². The van der Waals surface area contributed by atoms with Gasteiger partial charge >= 0.3 is 0 Å². The number of hydrogen-bond donors (Lipinski definition) is 1. The zero-order valence-corrected chi connectivity index (χ0v) is 15.8. The number of benzene rings is 2. The second kappa shape index (κ2) is 8.50. The minimum atomic E-state index is -0.0969. The summed E-state index contributed by atoms with van der Waals surface area (Å²) in [6.45, 7) is 9.01. The Morgan fingerprint density at radius 1 is 1.00 bits per heavy atom. The molecule has 0 bridgehead atoms. The van der Waals surface area contributed by atoms with Crippen LogP contribution in [0, 0.1) is 5.92 Å². The average Bonchev–Trinajstić information content (AvgIpc) is 2.55. The van der Waals surface area contributed by atoms with E-state index in [0.29, 0.717) is 0 Å². The Balaban J connectivity index is 2.15. The lowest BCUT2D eigenvalue weighted by atomic mass is 9.95. The Morgan fingerprint density at radius 3 is 2.08 bits per heavy atom. The van der Waals surface area contributed by atoms with Crippen LogP contribution in [0.4, 0.5) is 0 Å². The topological polar surface area (TPSA) is 29.1 Å². The summed E-state index contributed by atoms with van der Waals surface area (Å²) in [5.41, 5.74) is 2.38. The fraction of sp³-hybridized carbons (Fsp3) is 0.381. The number of carbonyl (C=O) groups excluding carboxylic acids is 1. The van der Waals surface area contributed by atoms with Crippen molar-refractivity contribution in [2.24, 2.45) is 5.92 Å². The van der Waals surface area contributed by atoms with Gasteiger partial charge in [-0.1, -0.05) is 100 Å². The van der Waals surface area contributed by atoms with E-state index in [-0.39, 0.29) is 21.8 Å². The predicted octanol–water partition coefficient (Wildman–Crippen LogP) is 5.21. The van der Waals surface area contributed by atoms with Crippen molar-refractivity contribution >= 4 is 16.9 Å². The van der Waals surface area contributed by atoms with Gasteiger partial charge in [-0.15, -0.1) is 0 Å². The van der Waals surface area contributed by atoms with E-state index in [4.69, 9.17) is 0 Å². The second-order valence-electron chi connectivity index (χ2n) is 7.08. The van der Waals surface area contributed by atoms with Gasteiger partial charge in [-0.25, -0.2) is 0 Å². The van der Waals surface area contributed by atoms with Crippen LogP contribution in [0.1, 0.15) is 44.9 Å². The van der Waals surface area contributed by atoms with Gasteiger partial charge in [-0.3, -0.25) is 4.79 Å². The lowest BCUT2D eigenvalue weighted by Gasteiger charge is -2.27.